The molecule has 162 valence electrons. The summed E-state index contributed by atoms with van der Waals surface area (Å²) < 4.78 is 5.96. The zero-order chi connectivity index (χ0) is 22.0. The number of hydrogen-bond acceptors (Lipinski definition) is 3. The Balaban J connectivity index is 1.71. The van der Waals surface area contributed by atoms with Gasteiger partial charge in [0.05, 0.1) is 12.8 Å². The van der Waals surface area contributed by atoms with Crippen molar-refractivity contribution in [2.24, 2.45) is 0 Å². The Morgan fingerprint density at radius 3 is 2.39 bits per heavy atom. The van der Waals surface area contributed by atoms with Gasteiger partial charge in [-0.05, 0) is 55.4 Å². The van der Waals surface area contributed by atoms with Gasteiger partial charge in [0.15, 0.2) is 0 Å². The molecule has 0 fully saturated rings. The van der Waals surface area contributed by atoms with E-state index >= 15 is 0 Å². The molecule has 1 aliphatic heterocycles. The van der Waals surface area contributed by atoms with Gasteiger partial charge >= 0.3 is 0 Å². The molecular weight excluding hydrogens is 380 g/mol. The maximum absolute atomic E-state index is 5.96. The van der Waals surface area contributed by atoms with E-state index < -0.39 is 0 Å². The number of methoxy groups -OCH3 is 1. The molecule has 1 aromatic heterocycles. The number of rotatable bonds is 6. The SMILES string of the molecule is CCc1cccc(CC)c1-c1ncc(CN2CCc3ccccc3C2C)c(OC)c1C. The van der Waals surface area contributed by atoms with Crippen molar-refractivity contribution in [1.82, 2.24) is 9.88 Å². The topological polar surface area (TPSA) is 25.4 Å². The van der Waals surface area contributed by atoms with E-state index in [9.17, 15) is 0 Å². The molecule has 0 saturated carbocycles. The van der Waals surface area contributed by atoms with Crippen LogP contribution in [0.15, 0.2) is 48.7 Å². The van der Waals surface area contributed by atoms with Crippen LogP contribution >= 0.6 is 0 Å². The zero-order valence-corrected chi connectivity index (χ0v) is 19.5. The first-order valence-corrected chi connectivity index (χ1v) is 11.5. The van der Waals surface area contributed by atoms with E-state index in [4.69, 9.17) is 9.72 Å². The third-order valence-electron chi connectivity index (χ3n) is 6.87. The molecule has 1 unspecified atom stereocenters. The third kappa shape index (κ3) is 3.99. The fourth-order valence-corrected chi connectivity index (χ4v) is 5.10. The number of hydrogen-bond donors (Lipinski definition) is 0. The summed E-state index contributed by atoms with van der Waals surface area (Å²) in [6.45, 7) is 10.8. The van der Waals surface area contributed by atoms with E-state index in [-0.39, 0.29) is 0 Å². The number of fused-ring (bicyclic) bond motifs is 1. The Morgan fingerprint density at radius 2 is 1.71 bits per heavy atom. The van der Waals surface area contributed by atoms with Gasteiger partial charge in [0, 0.05) is 42.0 Å². The highest BCUT2D eigenvalue weighted by Crippen LogP contribution is 2.37. The number of ether oxygens (including phenoxy) is 1. The molecule has 3 heteroatoms. The van der Waals surface area contributed by atoms with Crippen LogP contribution in [0.25, 0.3) is 11.3 Å². The van der Waals surface area contributed by atoms with Gasteiger partial charge in [0.1, 0.15) is 5.75 Å². The second-order valence-electron chi connectivity index (χ2n) is 8.54. The van der Waals surface area contributed by atoms with Crippen LogP contribution in [0.4, 0.5) is 0 Å². The monoisotopic (exact) mass is 414 g/mol. The van der Waals surface area contributed by atoms with Crippen LogP contribution in [0, 0.1) is 6.92 Å². The average Bonchev–Trinajstić information content (AvgIpc) is 2.81. The third-order valence-corrected chi connectivity index (χ3v) is 6.87. The molecule has 0 radical (unpaired) electrons. The molecule has 3 aromatic rings. The van der Waals surface area contributed by atoms with Crippen molar-refractivity contribution in [1.29, 1.82) is 0 Å². The first-order chi connectivity index (χ1) is 15.1. The van der Waals surface area contributed by atoms with Crippen molar-refractivity contribution in [2.45, 2.75) is 59.5 Å². The molecule has 3 nitrogen and oxygen atoms in total. The fourth-order valence-electron chi connectivity index (χ4n) is 5.10. The molecule has 2 heterocycles. The number of aryl methyl sites for hydroxylation is 2. The summed E-state index contributed by atoms with van der Waals surface area (Å²) in [7, 11) is 1.79. The molecule has 4 rings (SSSR count). The van der Waals surface area contributed by atoms with Crippen LogP contribution in [-0.4, -0.2) is 23.5 Å². The molecule has 31 heavy (non-hydrogen) atoms. The Kier molecular flexibility index (Phi) is 6.43. The summed E-state index contributed by atoms with van der Waals surface area (Å²) in [5.41, 5.74) is 10.3. The Morgan fingerprint density at radius 1 is 1.00 bits per heavy atom. The normalized spacial score (nSPS) is 16.2. The average molecular weight is 415 g/mol. The van der Waals surface area contributed by atoms with E-state index in [1.807, 2.05) is 6.20 Å². The number of aromatic nitrogens is 1. The zero-order valence-electron chi connectivity index (χ0n) is 19.5. The first-order valence-electron chi connectivity index (χ1n) is 11.5. The van der Waals surface area contributed by atoms with E-state index in [2.05, 4.69) is 75.1 Å². The van der Waals surface area contributed by atoms with Crippen molar-refractivity contribution in [2.75, 3.05) is 13.7 Å². The van der Waals surface area contributed by atoms with Gasteiger partial charge < -0.3 is 4.74 Å². The van der Waals surface area contributed by atoms with Gasteiger partial charge in [0.2, 0.25) is 0 Å². The lowest BCUT2D eigenvalue weighted by Crippen LogP contribution is -2.33. The van der Waals surface area contributed by atoms with E-state index in [1.165, 1.54) is 33.4 Å². The summed E-state index contributed by atoms with van der Waals surface area (Å²) in [6.07, 6.45) is 5.13. The number of benzene rings is 2. The quantitative estimate of drug-likeness (QED) is 0.473. The molecule has 0 amide bonds. The smallest absolute Gasteiger partial charge is 0.129 e. The second kappa shape index (κ2) is 9.23. The Labute approximate surface area is 187 Å². The molecule has 1 aliphatic rings. The van der Waals surface area contributed by atoms with Gasteiger partial charge in [-0.3, -0.25) is 9.88 Å². The van der Waals surface area contributed by atoms with Crippen molar-refractivity contribution in [3.8, 4) is 17.0 Å². The first kappa shape index (κ1) is 21.6. The summed E-state index contributed by atoms with van der Waals surface area (Å²) in [4.78, 5) is 7.54. The molecule has 0 aliphatic carbocycles. The maximum Gasteiger partial charge on any atom is 0.129 e. The van der Waals surface area contributed by atoms with Crippen molar-refractivity contribution in [3.05, 3.63) is 82.0 Å². The van der Waals surface area contributed by atoms with E-state index in [0.717, 1.165) is 49.4 Å². The van der Waals surface area contributed by atoms with Gasteiger partial charge in [0.25, 0.3) is 0 Å². The van der Waals surface area contributed by atoms with Gasteiger partial charge in [-0.15, -0.1) is 0 Å². The van der Waals surface area contributed by atoms with Crippen LogP contribution in [0.2, 0.25) is 0 Å². The minimum atomic E-state index is 0.391. The van der Waals surface area contributed by atoms with Crippen molar-refractivity contribution >= 4 is 0 Å². The Bertz CT molecular complexity index is 1050. The minimum absolute atomic E-state index is 0.391. The van der Waals surface area contributed by atoms with Crippen molar-refractivity contribution < 1.29 is 4.74 Å². The highest BCUT2D eigenvalue weighted by Gasteiger charge is 2.25. The van der Waals surface area contributed by atoms with Gasteiger partial charge in [-0.2, -0.15) is 0 Å². The predicted molar refractivity (Wildman–Crippen MR) is 129 cm³/mol. The largest absolute Gasteiger partial charge is 0.496 e. The molecule has 2 aromatic carbocycles. The highest BCUT2D eigenvalue weighted by atomic mass is 16.5. The van der Waals surface area contributed by atoms with E-state index in [0.29, 0.717) is 6.04 Å². The number of nitrogens with zero attached hydrogens (tertiary/aromatic N) is 2. The second-order valence-corrected chi connectivity index (χ2v) is 8.54. The fraction of sp³-hybridized carbons (Fsp3) is 0.393. The van der Waals surface area contributed by atoms with Crippen LogP contribution in [0.3, 0.4) is 0 Å². The molecule has 1 atom stereocenters. The highest BCUT2D eigenvalue weighted by molar-refractivity contribution is 5.73. The molecule has 0 bridgehead atoms. The van der Waals surface area contributed by atoms with Crippen LogP contribution in [0.5, 0.6) is 5.75 Å². The standard InChI is InChI=1S/C28H34N2O/c1-6-21-12-10-13-22(7-2)26(21)27-19(3)28(31-5)24(17-29-27)18-30-16-15-23-11-8-9-14-25(23)20(30)4/h8-14,17,20H,6-7,15-16,18H2,1-5H3. The predicted octanol–water partition coefficient (Wildman–Crippen LogP) is 6.31. The summed E-state index contributed by atoms with van der Waals surface area (Å²) in [5, 5.41) is 0. The van der Waals surface area contributed by atoms with Crippen LogP contribution in [0.1, 0.15) is 60.2 Å². The van der Waals surface area contributed by atoms with E-state index in [1.54, 1.807) is 7.11 Å². The lowest BCUT2D eigenvalue weighted by Gasteiger charge is -2.35. The molecule has 0 N–H and O–H groups in total. The summed E-state index contributed by atoms with van der Waals surface area (Å²) in [5.74, 6) is 0.976. The maximum atomic E-state index is 5.96. The lowest BCUT2D eigenvalue weighted by atomic mass is 9.91. The van der Waals surface area contributed by atoms with Gasteiger partial charge in [-0.25, -0.2) is 0 Å². The number of pyridine rings is 1. The van der Waals surface area contributed by atoms with Crippen molar-refractivity contribution in [3.63, 3.8) is 0 Å². The van der Waals surface area contributed by atoms with Crippen LogP contribution < -0.4 is 4.74 Å². The molecule has 0 spiro atoms. The summed E-state index contributed by atoms with van der Waals surface area (Å²) in [6, 6.07) is 15.8. The van der Waals surface area contributed by atoms with Crippen LogP contribution in [-0.2, 0) is 25.8 Å². The van der Waals surface area contributed by atoms with Gasteiger partial charge in [-0.1, -0.05) is 56.3 Å². The Hall–Kier alpha value is -2.65. The minimum Gasteiger partial charge on any atom is -0.496 e. The molecular formula is C28H34N2O. The molecule has 0 saturated heterocycles. The lowest BCUT2D eigenvalue weighted by molar-refractivity contribution is 0.187. The summed E-state index contributed by atoms with van der Waals surface area (Å²) >= 11 is 0.